The molecule has 0 amide bonds. The van der Waals surface area contributed by atoms with E-state index in [1.54, 1.807) is 24.6 Å². The van der Waals surface area contributed by atoms with Crippen LogP contribution in [-0.2, 0) is 16.6 Å². The van der Waals surface area contributed by atoms with Gasteiger partial charge in [-0.3, -0.25) is 4.72 Å². The number of aliphatic hydroxyl groups is 1. The highest BCUT2D eigenvalue weighted by Crippen LogP contribution is 2.29. The first-order valence-corrected chi connectivity index (χ1v) is 8.31. The first-order valence-electron chi connectivity index (χ1n) is 5.07. The van der Waals surface area contributed by atoms with E-state index in [0.717, 1.165) is 5.69 Å². The number of thiazole rings is 1. The molecule has 0 bridgehead atoms. The molecule has 0 atom stereocenters. The summed E-state index contributed by atoms with van der Waals surface area (Å²) in [6, 6.07) is 0. The second kappa shape index (κ2) is 4.96. The molecule has 0 aliphatic heterocycles. The maximum Gasteiger partial charge on any atom is 0.265 e. The normalized spacial score (nSPS) is 11.7. The van der Waals surface area contributed by atoms with Crippen LogP contribution in [0.1, 0.15) is 16.1 Å². The smallest absolute Gasteiger partial charge is 0.265 e. The minimum absolute atomic E-state index is 0.155. The lowest BCUT2D eigenvalue weighted by Gasteiger charge is -2.06. The number of rotatable bonds is 4. The number of hydrogen-bond acceptors (Lipinski definition) is 6. The van der Waals surface area contributed by atoms with E-state index in [-0.39, 0.29) is 11.5 Å². The molecule has 0 saturated heterocycles. The molecule has 0 aromatic carbocycles. The van der Waals surface area contributed by atoms with Gasteiger partial charge >= 0.3 is 0 Å². The Morgan fingerprint density at radius 2 is 2.06 bits per heavy atom. The van der Waals surface area contributed by atoms with E-state index >= 15 is 0 Å². The Balaban J connectivity index is 2.39. The van der Waals surface area contributed by atoms with Gasteiger partial charge < -0.3 is 5.11 Å². The van der Waals surface area contributed by atoms with Gasteiger partial charge in [0, 0.05) is 5.38 Å². The molecular formula is C10H12N2O3S3. The zero-order valence-electron chi connectivity index (χ0n) is 9.80. The van der Waals surface area contributed by atoms with E-state index in [4.69, 9.17) is 0 Å². The number of anilines is 1. The van der Waals surface area contributed by atoms with Crippen molar-refractivity contribution in [2.75, 3.05) is 4.72 Å². The minimum atomic E-state index is -3.68. The van der Waals surface area contributed by atoms with Crippen molar-refractivity contribution >= 4 is 37.8 Å². The fraction of sp³-hybridized carbons (Fsp3) is 0.300. The third kappa shape index (κ3) is 2.56. The first-order chi connectivity index (χ1) is 8.44. The van der Waals surface area contributed by atoms with Crippen molar-refractivity contribution in [1.29, 1.82) is 0 Å². The molecule has 0 radical (unpaired) electrons. The zero-order valence-corrected chi connectivity index (χ0v) is 12.2. The van der Waals surface area contributed by atoms with Crippen molar-refractivity contribution in [1.82, 2.24) is 4.98 Å². The maximum atomic E-state index is 12.2. The van der Waals surface area contributed by atoms with Crippen molar-refractivity contribution in [2.45, 2.75) is 25.3 Å². The molecular weight excluding hydrogens is 292 g/mol. The van der Waals surface area contributed by atoms with E-state index in [1.165, 1.54) is 22.7 Å². The van der Waals surface area contributed by atoms with E-state index in [0.29, 0.717) is 15.6 Å². The third-order valence-corrected chi connectivity index (χ3v) is 6.03. The van der Waals surface area contributed by atoms with Crippen molar-refractivity contribution in [2.24, 2.45) is 0 Å². The van der Waals surface area contributed by atoms with Gasteiger partial charge in [0.1, 0.15) is 4.90 Å². The lowest BCUT2D eigenvalue weighted by Crippen LogP contribution is -2.14. The summed E-state index contributed by atoms with van der Waals surface area (Å²) in [5.74, 6) is 0. The van der Waals surface area contributed by atoms with Crippen LogP contribution >= 0.6 is 22.7 Å². The molecule has 2 aromatic heterocycles. The summed E-state index contributed by atoms with van der Waals surface area (Å²) in [5.41, 5.74) is 1.40. The molecule has 18 heavy (non-hydrogen) atoms. The lowest BCUT2D eigenvalue weighted by atomic mass is 10.3. The SMILES string of the molecule is Cc1csc(NS(=O)(=O)c2c(C)csc2CO)n1. The summed E-state index contributed by atoms with van der Waals surface area (Å²) in [5, 5.41) is 13.0. The van der Waals surface area contributed by atoms with Crippen molar-refractivity contribution in [3.8, 4) is 0 Å². The number of aromatic nitrogens is 1. The molecule has 0 fully saturated rings. The molecule has 2 aromatic rings. The molecule has 0 spiro atoms. The molecule has 0 saturated carbocycles. The van der Waals surface area contributed by atoms with E-state index in [1.807, 2.05) is 0 Å². The van der Waals surface area contributed by atoms with Gasteiger partial charge in [-0.15, -0.1) is 22.7 Å². The number of hydrogen-bond donors (Lipinski definition) is 2. The van der Waals surface area contributed by atoms with Gasteiger partial charge in [-0.05, 0) is 24.8 Å². The predicted molar refractivity (Wildman–Crippen MR) is 72.6 cm³/mol. The number of thiophene rings is 1. The molecule has 2 rings (SSSR count). The Bertz CT molecular complexity index is 658. The Morgan fingerprint density at radius 1 is 1.33 bits per heavy atom. The summed E-state index contributed by atoms with van der Waals surface area (Å²) in [6.45, 7) is 3.21. The van der Waals surface area contributed by atoms with E-state index in [2.05, 4.69) is 9.71 Å². The summed E-state index contributed by atoms with van der Waals surface area (Å²) in [6.07, 6.45) is 0. The molecule has 0 aliphatic carbocycles. The van der Waals surface area contributed by atoms with Gasteiger partial charge in [-0.25, -0.2) is 13.4 Å². The number of aliphatic hydroxyl groups excluding tert-OH is 1. The molecule has 0 aliphatic rings. The Morgan fingerprint density at radius 3 is 2.61 bits per heavy atom. The Hall–Kier alpha value is -0.960. The van der Waals surface area contributed by atoms with Crippen molar-refractivity contribution < 1.29 is 13.5 Å². The highest BCUT2D eigenvalue weighted by atomic mass is 32.2. The largest absolute Gasteiger partial charge is 0.391 e. The van der Waals surface area contributed by atoms with Crippen LogP contribution in [0.15, 0.2) is 15.7 Å². The molecule has 0 unspecified atom stereocenters. The van der Waals surface area contributed by atoms with Crippen LogP contribution in [-0.4, -0.2) is 18.5 Å². The zero-order chi connectivity index (χ0) is 13.3. The molecule has 8 heteroatoms. The van der Waals surface area contributed by atoms with Gasteiger partial charge in [-0.1, -0.05) is 0 Å². The fourth-order valence-electron chi connectivity index (χ4n) is 1.52. The van der Waals surface area contributed by atoms with E-state index < -0.39 is 10.0 Å². The number of sulfonamides is 1. The van der Waals surface area contributed by atoms with Gasteiger partial charge in [-0.2, -0.15) is 0 Å². The first kappa shape index (κ1) is 13.5. The van der Waals surface area contributed by atoms with Crippen LogP contribution in [0.5, 0.6) is 0 Å². The van der Waals surface area contributed by atoms with Crippen LogP contribution in [0.4, 0.5) is 5.13 Å². The number of nitrogens with zero attached hydrogens (tertiary/aromatic N) is 1. The molecule has 5 nitrogen and oxygen atoms in total. The van der Waals surface area contributed by atoms with E-state index in [9.17, 15) is 13.5 Å². The number of nitrogens with one attached hydrogen (secondary N) is 1. The second-order valence-corrected chi connectivity index (χ2v) is 7.17. The summed E-state index contributed by atoms with van der Waals surface area (Å²) in [4.78, 5) is 4.65. The van der Waals surface area contributed by atoms with Crippen LogP contribution in [0.2, 0.25) is 0 Å². The predicted octanol–water partition coefficient (Wildman–Crippen LogP) is 2.11. The van der Waals surface area contributed by atoms with Crippen molar-refractivity contribution in [3.63, 3.8) is 0 Å². The second-order valence-electron chi connectivity index (χ2n) is 3.73. The third-order valence-electron chi connectivity index (χ3n) is 2.24. The highest BCUT2D eigenvalue weighted by Gasteiger charge is 2.23. The summed E-state index contributed by atoms with van der Waals surface area (Å²) in [7, 11) is -3.68. The van der Waals surface area contributed by atoms with Crippen molar-refractivity contribution in [3.05, 3.63) is 26.9 Å². The fourth-order valence-corrected chi connectivity index (χ4v) is 5.13. The topological polar surface area (TPSA) is 79.3 Å². The maximum absolute atomic E-state index is 12.2. The van der Waals surface area contributed by atoms with Gasteiger partial charge in [0.2, 0.25) is 0 Å². The van der Waals surface area contributed by atoms with Crippen LogP contribution < -0.4 is 4.72 Å². The van der Waals surface area contributed by atoms with Gasteiger partial charge in [0.15, 0.2) is 5.13 Å². The van der Waals surface area contributed by atoms with Crippen LogP contribution in [0.25, 0.3) is 0 Å². The quantitative estimate of drug-likeness (QED) is 0.906. The standard InChI is InChI=1S/C10H12N2O3S3/c1-6-4-16-8(3-13)9(6)18(14,15)12-10-11-7(2)5-17-10/h4-5,13H,3H2,1-2H3,(H,11,12). The average molecular weight is 304 g/mol. The van der Waals surface area contributed by atoms with Gasteiger partial charge in [0.05, 0.1) is 17.2 Å². The Labute approximate surface area is 113 Å². The summed E-state index contributed by atoms with van der Waals surface area (Å²) >= 11 is 2.47. The Kier molecular flexibility index (Phi) is 3.71. The monoisotopic (exact) mass is 304 g/mol. The number of aryl methyl sites for hydroxylation is 2. The lowest BCUT2D eigenvalue weighted by molar-refractivity contribution is 0.282. The van der Waals surface area contributed by atoms with Gasteiger partial charge in [0.25, 0.3) is 10.0 Å². The van der Waals surface area contributed by atoms with Crippen LogP contribution in [0.3, 0.4) is 0 Å². The minimum Gasteiger partial charge on any atom is -0.391 e. The molecule has 2 N–H and O–H groups in total. The molecule has 98 valence electrons. The van der Waals surface area contributed by atoms with Crippen LogP contribution in [0, 0.1) is 13.8 Å². The highest BCUT2D eigenvalue weighted by molar-refractivity contribution is 7.93. The average Bonchev–Trinajstić information content (AvgIpc) is 2.84. The summed E-state index contributed by atoms with van der Waals surface area (Å²) < 4.78 is 26.9. The molecule has 2 heterocycles.